The minimum atomic E-state index is -4.68. The number of aromatic hydroxyl groups is 1. The highest BCUT2D eigenvalue weighted by Gasteiger charge is 2.21. The van der Waals surface area contributed by atoms with Gasteiger partial charge in [0, 0.05) is 32.6 Å². The molecule has 19 heteroatoms. The van der Waals surface area contributed by atoms with Crippen molar-refractivity contribution in [2.24, 2.45) is 20.5 Å². The van der Waals surface area contributed by atoms with E-state index in [1.54, 1.807) is 42.6 Å². The first-order chi connectivity index (χ1) is 23.2. The van der Waals surface area contributed by atoms with Crippen LogP contribution in [0.15, 0.2) is 120 Å². The molecule has 0 aliphatic carbocycles. The first-order valence-electron chi connectivity index (χ1n) is 13.3. The molecule has 0 radical (unpaired) electrons. The van der Waals surface area contributed by atoms with Crippen molar-refractivity contribution in [2.75, 3.05) is 5.73 Å². The third-order valence-corrected chi connectivity index (χ3v) is 8.94. The van der Waals surface area contributed by atoms with E-state index in [9.17, 15) is 18.1 Å². The lowest BCUT2D eigenvalue weighted by Crippen LogP contribution is -2.03. The molecule has 0 saturated carbocycles. The molecule has 0 amide bonds. The molecule has 5 aromatic carbocycles. The van der Waals surface area contributed by atoms with Crippen LogP contribution in [-0.2, 0) is 28.9 Å². The Morgan fingerprint density at radius 2 is 1.50 bits per heavy atom. The Morgan fingerprint density at radius 3 is 2.27 bits per heavy atom. The van der Waals surface area contributed by atoms with Gasteiger partial charge in [0.25, 0.3) is 10.1 Å². The summed E-state index contributed by atoms with van der Waals surface area (Å²) in [5, 5.41) is 55.6. The monoisotopic (exact) mass is 708 g/mol. The predicted molar refractivity (Wildman–Crippen MR) is 175 cm³/mol. The second-order valence-electron chi connectivity index (χ2n) is 9.70. The second kappa shape index (κ2) is 14.1. The van der Waals surface area contributed by atoms with Crippen molar-refractivity contribution in [3.63, 3.8) is 0 Å². The van der Waals surface area contributed by atoms with Crippen molar-refractivity contribution in [1.29, 1.82) is 0 Å². The summed E-state index contributed by atoms with van der Waals surface area (Å²) in [6.45, 7) is 0. The molecule has 48 heavy (non-hydrogen) atoms. The van der Waals surface area contributed by atoms with Crippen LogP contribution in [0.3, 0.4) is 0 Å². The number of pyridine rings is 1. The minimum absolute atomic E-state index is 0.0454. The fraction of sp³-hybridized carbons (Fsp3) is 0. The van der Waals surface area contributed by atoms with Gasteiger partial charge in [0.05, 0.1) is 57.2 Å². The highest BCUT2D eigenvalue weighted by Crippen LogP contribution is 2.46. The molecule has 0 unspecified atom stereocenters. The highest BCUT2D eigenvalue weighted by atomic mass is 32.2. The molecule has 6 aromatic rings. The number of rotatable bonds is 11. The van der Waals surface area contributed by atoms with Crippen molar-refractivity contribution in [2.45, 2.75) is 14.7 Å². The van der Waals surface area contributed by atoms with Crippen LogP contribution in [0.2, 0.25) is 0 Å². The second-order valence-corrected chi connectivity index (χ2v) is 12.6. The summed E-state index contributed by atoms with van der Waals surface area (Å²) in [6, 6.07) is 21.1. The van der Waals surface area contributed by atoms with E-state index in [1.807, 2.05) is 24.3 Å². The molecule has 0 fully saturated rings. The number of benzene rings is 5. The SMILES string of the molecule is Nc1cc2c(O)c(N=Nc3ccc(N=Nc4ccc5ncccc5c4)c4cc(SOOO)ccc34)c(SOOO)cc2cc1S(=O)(=O)O. The van der Waals surface area contributed by atoms with Gasteiger partial charge in [0.2, 0.25) is 0 Å². The lowest BCUT2D eigenvalue weighted by atomic mass is 10.1. The van der Waals surface area contributed by atoms with E-state index >= 15 is 0 Å². The summed E-state index contributed by atoms with van der Waals surface area (Å²) >= 11 is 1.18. The number of azo groups is 2. The van der Waals surface area contributed by atoms with Crippen molar-refractivity contribution in [1.82, 2.24) is 4.98 Å². The van der Waals surface area contributed by atoms with Crippen molar-refractivity contribution >= 4 is 95.1 Å². The van der Waals surface area contributed by atoms with Crippen molar-refractivity contribution in [3.8, 4) is 5.75 Å². The Bertz CT molecular complexity index is 2360. The van der Waals surface area contributed by atoms with Gasteiger partial charge in [0.1, 0.15) is 10.6 Å². The molecule has 6 N–H and O–H groups in total. The maximum absolute atomic E-state index is 11.8. The standard InChI is InChI=1S/C29H20N6O10S3/c30-22-14-20-16(12-27(22)48(39,40)41)11-26(47-45-43-38)28(29(20)36)35-34-24-7-8-25(21-13-18(46-44-42-37)4-5-19(21)24)33-32-17-3-6-23-15(10-17)2-1-9-31-23/h1-14,36-38H,30H2,(H,39,40,41). The van der Waals surface area contributed by atoms with Crippen LogP contribution in [0.1, 0.15) is 0 Å². The molecule has 0 aliphatic heterocycles. The van der Waals surface area contributed by atoms with Gasteiger partial charge < -0.3 is 10.8 Å². The minimum Gasteiger partial charge on any atom is -0.505 e. The molecule has 0 saturated heterocycles. The van der Waals surface area contributed by atoms with E-state index in [0.29, 0.717) is 44.8 Å². The zero-order valence-corrected chi connectivity index (χ0v) is 26.3. The van der Waals surface area contributed by atoms with E-state index < -0.39 is 20.8 Å². The van der Waals surface area contributed by atoms with Gasteiger partial charge >= 0.3 is 0 Å². The van der Waals surface area contributed by atoms with Crippen LogP contribution in [0, 0.1) is 0 Å². The van der Waals surface area contributed by atoms with E-state index in [2.05, 4.69) is 44.2 Å². The summed E-state index contributed by atoms with van der Waals surface area (Å²) in [5.41, 5.74) is 7.55. The van der Waals surface area contributed by atoms with Gasteiger partial charge in [-0.15, -0.1) is 24.0 Å². The van der Waals surface area contributed by atoms with Gasteiger partial charge in [-0.2, -0.15) is 13.5 Å². The van der Waals surface area contributed by atoms with Crippen LogP contribution in [0.5, 0.6) is 5.75 Å². The normalized spacial score (nSPS) is 12.3. The number of hydrogen-bond donors (Lipinski definition) is 5. The number of fused-ring (bicyclic) bond motifs is 3. The Morgan fingerprint density at radius 1 is 0.750 bits per heavy atom. The largest absolute Gasteiger partial charge is 0.505 e. The Balaban J connectivity index is 1.44. The summed E-state index contributed by atoms with van der Waals surface area (Å²) in [5.74, 6) is -0.464. The zero-order chi connectivity index (χ0) is 33.8. The average Bonchev–Trinajstić information content (AvgIpc) is 3.08. The molecule has 6 rings (SSSR count). The highest BCUT2D eigenvalue weighted by molar-refractivity contribution is 7.95. The molecule has 0 bridgehead atoms. The molecule has 0 spiro atoms. The molecule has 0 atom stereocenters. The van der Waals surface area contributed by atoms with Crippen LogP contribution in [0.25, 0.3) is 32.4 Å². The topological polar surface area (TPSA) is 240 Å². The van der Waals surface area contributed by atoms with E-state index in [1.165, 1.54) is 6.07 Å². The summed E-state index contributed by atoms with van der Waals surface area (Å²) in [4.78, 5) is 4.31. The smallest absolute Gasteiger partial charge is 0.296 e. The molecule has 1 aromatic heterocycles. The number of anilines is 1. The van der Waals surface area contributed by atoms with E-state index in [-0.39, 0.29) is 27.0 Å². The van der Waals surface area contributed by atoms with Crippen LogP contribution in [0.4, 0.5) is 28.4 Å². The number of nitrogens with two attached hydrogens (primary N) is 1. The first kappa shape index (κ1) is 33.1. The van der Waals surface area contributed by atoms with Gasteiger partial charge in [-0.3, -0.25) is 9.54 Å². The maximum atomic E-state index is 11.8. The summed E-state index contributed by atoms with van der Waals surface area (Å²) in [6.07, 6.45) is 1.70. The summed E-state index contributed by atoms with van der Waals surface area (Å²) < 4.78 is 42.3. The van der Waals surface area contributed by atoms with Gasteiger partial charge in [-0.1, -0.05) is 22.2 Å². The molecular formula is C29H20N6O10S3. The van der Waals surface area contributed by atoms with Crippen molar-refractivity contribution < 1.29 is 47.3 Å². The van der Waals surface area contributed by atoms with Crippen LogP contribution < -0.4 is 5.73 Å². The fourth-order valence-corrected chi connectivity index (χ4v) is 6.27. The number of phenols is 1. The quantitative estimate of drug-likeness (QED) is 0.0211. The number of nitrogens with zero attached hydrogens (tertiary/aromatic N) is 5. The van der Waals surface area contributed by atoms with Gasteiger partial charge in [0.15, 0.2) is 5.75 Å². The third-order valence-electron chi connectivity index (χ3n) is 6.83. The van der Waals surface area contributed by atoms with Crippen molar-refractivity contribution in [3.05, 3.63) is 85.1 Å². The van der Waals surface area contributed by atoms with E-state index in [4.69, 9.17) is 16.2 Å². The predicted octanol–water partition coefficient (Wildman–Crippen LogP) is 8.76. The maximum Gasteiger partial charge on any atom is 0.296 e. The fourth-order valence-electron chi connectivity index (χ4n) is 4.74. The molecule has 1 heterocycles. The molecular weight excluding hydrogens is 689 g/mol. The molecule has 244 valence electrons. The van der Waals surface area contributed by atoms with Crippen LogP contribution >= 0.6 is 24.1 Å². The van der Waals surface area contributed by atoms with Gasteiger partial charge in [-0.05, 0) is 72.1 Å². The Kier molecular flexibility index (Phi) is 9.75. The Labute approximate surface area is 278 Å². The molecule has 16 nitrogen and oxygen atoms in total. The number of aromatic nitrogens is 1. The average molecular weight is 709 g/mol. The number of phenolic OH excluding ortho intramolecular Hbond substituents is 1. The zero-order valence-electron chi connectivity index (χ0n) is 23.9. The first-order valence-corrected chi connectivity index (χ1v) is 16.2. The third kappa shape index (κ3) is 7.05. The number of nitrogen functional groups attached to an aromatic ring is 1. The lowest BCUT2D eigenvalue weighted by Gasteiger charge is -2.11. The summed E-state index contributed by atoms with van der Waals surface area (Å²) in [7, 11) is -4.68. The van der Waals surface area contributed by atoms with E-state index in [0.717, 1.165) is 35.1 Å². The molecule has 0 aliphatic rings. The number of hydrogen-bond acceptors (Lipinski definition) is 17. The van der Waals surface area contributed by atoms with Crippen LogP contribution in [-0.4, -0.2) is 33.6 Å². The van der Waals surface area contributed by atoms with Gasteiger partial charge in [-0.25, -0.2) is 10.5 Å². The Hall–Kier alpha value is -4.80. The lowest BCUT2D eigenvalue weighted by molar-refractivity contribution is -0.432.